The molecular weight excluding hydrogens is 356 g/mol. The van der Waals surface area contributed by atoms with E-state index in [-0.39, 0.29) is 11.9 Å². The van der Waals surface area contributed by atoms with Crippen molar-refractivity contribution in [2.75, 3.05) is 32.0 Å². The lowest BCUT2D eigenvalue weighted by Gasteiger charge is -2.14. The minimum absolute atomic E-state index is 0.0689. The zero-order valence-corrected chi connectivity index (χ0v) is 15.1. The van der Waals surface area contributed by atoms with Crippen LogP contribution in [0.3, 0.4) is 0 Å². The van der Waals surface area contributed by atoms with E-state index < -0.39 is 6.03 Å². The molecule has 0 aliphatic heterocycles. The number of hydrogen-bond acceptors (Lipinski definition) is 8. The number of aryl methyl sites for hydroxylation is 1. The fourth-order valence-electron chi connectivity index (χ4n) is 2.32. The summed E-state index contributed by atoms with van der Waals surface area (Å²) in [7, 11) is 6.23. The lowest BCUT2D eigenvalue weighted by molar-refractivity contribution is 0.261. The number of amides is 2. The maximum absolute atomic E-state index is 12.2. The van der Waals surface area contributed by atoms with Crippen LogP contribution in [-0.2, 0) is 7.05 Å². The standard InChI is InChI=1S/C16H18N6O5/c1-22-6-5-10(21-22)14-19-20-16(27-14)18-15(23)17-9-7-11(24-2)13(26-4)12(8-9)25-3/h5-8H,1-4H3,(H2,17,18,20,23). The second-order valence-electron chi connectivity index (χ2n) is 5.28. The van der Waals surface area contributed by atoms with Crippen molar-refractivity contribution in [3.63, 3.8) is 0 Å². The molecule has 2 aromatic heterocycles. The molecule has 3 rings (SSSR count). The summed E-state index contributed by atoms with van der Waals surface area (Å²) in [6, 6.07) is 4.25. The highest BCUT2D eigenvalue weighted by Crippen LogP contribution is 2.39. The fourth-order valence-corrected chi connectivity index (χ4v) is 2.32. The molecule has 0 fully saturated rings. The van der Waals surface area contributed by atoms with E-state index in [0.717, 1.165) is 0 Å². The van der Waals surface area contributed by atoms with E-state index in [9.17, 15) is 4.79 Å². The average molecular weight is 374 g/mol. The second kappa shape index (κ2) is 7.64. The van der Waals surface area contributed by atoms with Crippen molar-refractivity contribution >= 4 is 17.7 Å². The van der Waals surface area contributed by atoms with Crippen LogP contribution in [0, 0.1) is 0 Å². The number of carbonyl (C=O) groups is 1. The molecule has 0 saturated heterocycles. The minimum atomic E-state index is -0.583. The smallest absolute Gasteiger partial charge is 0.327 e. The lowest BCUT2D eigenvalue weighted by Crippen LogP contribution is -2.19. The Labute approximate surface area is 154 Å². The normalized spacial score (nSPS) is 10.4. The molecule has 11 nitrogen and oxygen atoms in total. The largest absolute Gasteiger partial charge is 0.493 e. The van der Waals surface area contributed by atoms with Gasteiger partial charge in [0.25, 0.3) is 5.89 Å². The van der Waals surface area contributed by atoms with Crippen LogP contribution in [0.1, 0.15) is 0 Å². The van der Waals surface area contributed by atoms with Gasteiger partial charge >= 0.3 is 12.0 Å². The van der Waals surface area contributed by atoms with Gasteiger partial charge in [-0.2, -0.15) is 5.10 Å². The molecule has 0 saturated carbocycles. The summed E-state index contributed by atoms with van der Waals surface area (Å²) in [6.45, 7) is 0. The molecule has 3 aromatic rings. The second-order valence-corrected chi connectivity index (χ2v) is 5.28. The number of ether oxygens (including phenoxy) is 3. The van der Waals surface area contributed by atoms with E-state index in [2.05, 4.69) is 25.9 Å². The maximum Gasteiger partial charge on any atom is 0.327 e. The van der Waals surface area contributed by atoms with Gasteiger partial charge in [0.1, 0.15) is 5.69 Å². The summed E-state index contributed by atoms with van der Waals surface area (Å²) >= 11 is 0. The van der Waals surface area contributed by atoms with Gasteiger partial charge in [0, 0.05) is 25.4 Å². The SMILES string of the molecule is COc1cc(NC(=O)Nc2nnc(-c3ccn(C)n3)o2)cc(OC)c1OC. The summed E-state index contributed by atoms with van der Waals surface area (Å²) in [5.41, 5.74) is 0.926. The van der Waals surface area contributed by atoms with Crippen LogP contribution in [-0.4, -0.2) is 47.3 Å². The summed E-state index contributed by atoms with van der Waals surface area (Å²) in [6.07, 6.45) is 1.74. The van der Waals surface area contributed by atoms with Gasteiger partial charge in [-0.1, -0.05) is 5.10 Å². The predicted molar refractivity (Wildman–Crippen MR) is 95.2 cm³/mol. The van der Waals surface area contributed by atoms with Crippen molar-refractivity contribution in [1.82, 2.24) is 20.0 Å². The quantitative estimate of drug-likeness (QED) is 0.672. The molecule has 0 bridgehead atoms. The monoisotopic (exact) mass is 374 g/mol. The molecular formula is C16H18N6O5. The van der Waals surface area contributed by atoms with Crippen molar-refractivity contribution in [3.8, 4) is 28.8 Å². The van der Waals surface area contributed by atoms with E-state index in [1.807, 2.05) is 0 Å². The van der Waals surface area contributed by atoms with Crippen molar-refractivity contribution in [1.29, 1.82) is 0 Å². The van der Waals surface area contributed by atoms with Gasteiger partial charge in [0.05, 0.1) is 27.0 Å². The Morgan fingerprint density at radius 1 is 1.07 bits per heavy atom. The summed E-state index contributed by atoms with van der Waals surface area (Å²) in [5, 5.41) is 16.8. The van der Waals surface area contributed by atoms with E-state index in [4.69, 9.17) is 18.6 Å². The highest BCUT2D eigenvalue weighted by molar-refractivity contribution is 5.98. The van der Waals surface area contributed by atoms with Gasteiger partial charge in [-0.05, 0) is 6.07 Å². The van der Waals surface area contributed by atoms with Crippen molar-refractivity contribution < 1.29 is 23.4 Å². The number of aromatic nitrogens is 4. The number of nitrogens with zero attached hydrogens (tertiary/aromatic N) is 4. The van der Waals surface area contributed by atoms with E-state index in [1.54, 1.807) is 36.1 Å². The molecule has 142 valence electrons. The van der Waals surface area contributed by atoms with Crippen LogP contribution in [0.4, 0.5) is 16.5 Å². The van der Waals surface area contributed by atoms with E-state index >= 15 is 0 Å². The number of urea groups is 1. The van der Waals surface area contributed by atoms with Crippen LogP contribution in [0.5, 0.6) is 17.2 Å². The maximum atomic E-state index is 12.2. The highest BCUT2D eigenvalue weighted by Gasteiger charge is 2.16. The van der Waals surface area contributed by atoms with Crippen LogP contribution in [0.15, 0.2) is 28.8 Å². The lowest BCUT2D eigenvalue weighted by atomic mass is 10.2. The van der Waals surface area contributed by atoms with Gasteiger partial charge in [0.15, 0.2) is 11.5 Å². The van der Waals surface area contributed by atoms with Gasteiger partial charge in [-0.15, -0.1) is 5.10 Å². The third-order valence-electron chi connectivity index (χ3n) is 3.50. The highest BCUT2D eigenvalue weighted by atomic mass is 16.5. The molecule has 2 amide bonds. The van der Waals surface area contributed by atoms with Gasteiger partial charge in [0.2, 0.25) is 5.75 Å². The van der Waals surface area contributed by atoms with E-state index in [1.165, 1.54) is 21.3 Å². The van der Waals surface area contributed by atoms with Crippen molar-refractivity contribution in [2.45, 2.75) is 0 Å². The molecule has 2 heterocycles. The molecule has 0 unspecified atom stereocenters. The number of anilines is 2. The third kappa shape index (κ3) is 3.92. The van der Waals surface area contributed by atoms with Gasteiger partial charge < -0.3 is 23.9 Å². The zero-order valence-electron chi connectivity index (χ0n) is 15.1. The molecule has 2 N–H and O–H groups in total. The number of hydrogen-bond donors (Lipinski definition) is 2. The Morgan fingerprint density at radius 2 is 1.78 bits per heavy atom. The Bertz CT molecular complexity index is 925. The Kier molecular flexibility index (Phi) is 5.11. The predicted octanol–water partition coefficient (Wildman–Crippen LogP) is 2.14. The van der Waals surface area contributed by atoms with Gasteiger partial charge in [-0.3, -0.25) is 10.00 Å². The topological polar surface area (TPSA) is 126 Å². The molecule has 0 aliphatic rings. The Hall–Kier alpha value is -3.76. The third-order valence-corrected chi connectivity index (χ3v) is 3.50. The number of benzene rings is 1. The first-order valence-electron chi connectivity index (χ1n) is 7.75. The van der Waals surface area contributed by atoms with Gasteiger partial charge in [-0.25, -0.2) is 4.79 Å². The van der Waals surface area contributed by atoms with Crippen LogP contribution < -0.4 is 24.8 Å². The molecule has 0 radical (unpaired) electrons. The van der Waals surface area contributed by atoms with Crippen LogP contribution in [0.2, 0.25) is 0 Å². The van der Waals surface area contributed by atoms with Crippen LogP contribution >= 0.6 is 0 Å². The van der Waals surface area contributed by atoms with Crippen molar-refractivity contribution in [2.24, 2.45) is 7.05 Å². The first-order chi connectivity index (χ1) is 13.0. The number of rotatable bonds is 6. The Morgan fingerprint density at radius 3 is 2.33 bits per heavy atom. The number of carbonyl (C=O) groups excluding carboxylic acids is 1. The number of methoxy groups -OCH3 is 3. The first kappa shape index (κ1) is 18.0. The average Bonchev–Trinajstić information content (AvgIpc) is 3.29. The summed E-state index contributed by atoms with van der Waals surface area (Å²) in [5.74, 6) is 1.42. The molecule has 0 aliphatic carbocycles. The molecule has 0 spiro atoms. The molecule has 27 heavy (non-hydrogen) atoms. The molecule has 1 aromatic carbocycles. The minimum Gasteiger partial charge on any atom is -0.493 e. The molecule has 11 heteroatoms. The number of nitrogens with one attached hydrogen (secondary N) is 2. The Balaban J connectivity index is 1.72. The van der Waals surface area contributed by atoms with Crippen LogP contribution in [0.25, 0.3) is 11.6 Å². The zero-order chi connectivity index (χ0) is 19.4. The molecule has 0 atom stereocenters. The first-order valence-corrected chi connectivity index (χ1v) is 7.75. The fraction of sp³-hybridized carbons (Fsp3) is 0.250. The summed E-state index contributed by atoms with van der Waals surface area (Å²) in [4.78, 5) is 12.2. The van der Waals surface area contributed by atoms with Crippen molar-refractivity contribution in [3.05, 3.63) is 24.4 Å². The van der Waals surface area contributed by atoms with E-state index in [0.29, 0.717) is 28.6 Å². The summed E-state index contributed by atoms with van der Waals surface area (Å²) < 4.78 is 22.7.